The Hall–Kier alpha value is -2.28. The van der Waals surface area contributed by atoms with Crippen molar-refractivity contribution in [2.75, 3.05) is 6.61 Å². The third-order valence-corrected chi connectivity index (χ3v) is 7.86. The molecule has 0 spiro atoms. The van der Waals surface area contributed by atoms with Crippen LogP contribution in [0.25, 0.3) is 0 Å². The van der Waals surface area contributed by atoms with Crippen LogP contribution >= 0.6 is 0 Å². The summed E-state index contributed by atoms with van der Waals surface area (Å²) in [6.45, 7) is 6.97. The molecule has 2 aromatic rings. The van der Waals surface area contributed by atoms with Crippen LogP contribution in [0.3, 0.4) is 0 Å². The fraction of sp³-hybridized carbons (Fsp3) is 0.500. The van der Waals surface area contributed by atoms with E-state index in [2.05, 4.69) is 80.3 Å². The zero-order chi connectivity index (χ0) is 22.9. The Balaban J connectivity index is 1.20. The summed E-state index contributed by atoms with van der Waals surface area (Å²) < 4.78 is 6.07. The van der Waals surface area contributed by atoms with Crippen LogP contribution in [0.4, 0.5) is 0 Å². The summed E-state index contributed by atoms with van der Waals surface area (Å²) in [5.74, 6) is 3.75. The highest BCUT2D eigenvalue weighted by Crippen LogP contribution is 2.33. The number of benzene rings is 2. The highest BCUT2D eigenvalue weighted by molar-refractivity contribution is 5.30. The van der Waals surface area contributed by atoms with Gasteiger partial charge in [-0.1, -0.05) is 68.0 Å². The van der Waals surface area contributed by atoms with Crippen LogP contribution in [-0.2, 0) is 12.8 Å². The van der Waals surface area contributed by atoms with E-state index in [0.717, 1.165) is 30.6 Å². The molecule has 1 fully saturated rings. The van der Waals surface area contributed by atoms with E-state index in [1.165, 1.54) is 74.5 Å². The van der Waals surface area contributed by atoms with Crippen molar-refractivity contribution in [1.29, 1.82) is 0 Å². The molecule has 176 valence electrons. The number of hydrogen-bond donors (Lipinski definition) is 0. The molecule has 4 rings (SSSR count). The maximum Gasteiger partial charge on any atom is 0.119 e. The molecule has 1 saturated carbocycles. The lowest BCUT2D eigenvalue weighted by molar-refractivity contribution is 0.260. The summed E-state index contributed by atoms with van der Waals surface area (Å²) in [5, 5.41) is 0. The third kappa shape index (κ3) is 7.10. The Bertz CT molecular complexity index is 868. The van der Waals surface area contributed by atoms with Gasteiger partial charge in [0.15, 0.2) is 0 Å². The standard InChI is InChI=1S/C32H42O/c1-3-5-26-16-22-32(23-17-26)33-24-29-14-20-31(21-15-29)30-18-12-28(13-19-30)11-10-27-8-6-25(4-2)7-9-27/h4,12-14,16-20,22-23,25,27,29,31H,2-3,5-11,15,21,24H2,1H3. The van der Waals surface area contributed by atoms with Gasteiger partial charge in [-0.05, 0) is 98.4 Å². The fourth-order valence-electron chi connectivity index (χ4n) is 5.55. The molecule has 33 heavy (non-hydrogen) atoms. The molecule has 2 aliphatic rings. The van der Waals surface area contributed by atoms with Crippen molar-refractivity contribution in [3.8, 4) is 5.75 Å². The molecule has 1 heteroatoms. The number of ether oxygens (including phenoxy) is 1. The zero-order valence-electron chi connectivity index (χ0n) is 20.6. The number of aryl methyl sites for hydroxylation is 2. The first-order valence-corrected chi connectivity index (χ1v) is 13.3. The van der Waals surface area contributed by atoms with Crippen LogP contribution in [0.15, 0.2) is 73.3 Å². The minimum absolute atomic E-state index is 0.520. The maximum absolute atomic E-state index is 6.07. The van der Waals surface area contributed by atoms with E-state index in [-0.39, 0.29) is 0 Å². The van der Waals surface area contributed by atoms with Crippen molar-refractivity contribution in [1.82, 2.24) is 0 Å². The monoisotopic (exact) mass is 442 g/mol. The molecule has 0 radical (unpaired) electrons. The van der Waals surface area contributed by atoms with E-state index in [1.54, 1.807) is 0 Å². The molecule has 0 N–H and O–H groups in total. The molecule has 0 amide bonds. The predicted molar refractivity (Wildman–Crippen MR) is 141 cm³/mol. The molecule has 0 bridgehead atoms. The quantitative estimate of drug-likeness (QED) is 0.334. The van der Waals surface area contributed by atoms with Crippen LogP contribution in [0.5, 0.6) is 5.75 Å². The Morgan fingerprint density at radius 3 is 2.15 bits per heavy atom. The van der Waals surface area contributed by atoms with Crippen LogP contribution in [0, 0.1) is 17.8 Å². The van der Waals surface area contributed by atoms with Crippen LogP contribution in [0.1, 0.15) is 80.9 Å². The lowest BCUT2D eigenvalue weighted by Gasteiger charge is -2.26. The molecule has 0 heterocycles. The first kappa shape index (κ1) is 23.9. The second-order valence-corrected chi connectivity index (χ2v) is 10.3. The summed E-state index contributed by atoms with van der Waals surface area (Å²) >= 11 is 0. The highest BCUT2D eigenvalue weighted by Gasteiger charge is 2.20. The van der Waals surface area contributed by atoms with Crippen molar-refractivity contribution in [3.05, 3.63) is 90.0 Å². The predicted octanol–water partition coefficient (Wildman–Crippen LogP) is 8.69. The van der Waals surface area contributed by atoms with Crippen molar-refractivity contribution >= 4 is 0 Å². The Morgan fingerprint density at radius 2 is 1.52 bits per heavy atom. The van der Waals surface area contributed by atoms with Gasteiger partial charge in [-0.25, -0.2) is 0 Å². The zero-order valence-corrected chi connectivity index (χ0v) is 20.6. The van der Waals surface area contributed by atoms with E-state index in [1.807, 2.05) is 0 Å². The van der Waals surface area contributed by atoms with E-state index in [9.17, 15) is 0 Å². The highest BCUT2D eigenvalue weighted by atomic mass is 16.5. The second-order valence-electron chi connectivity index (χ2n) is 10.3. The molecular weight excluding hydrogens is 400 g/mol. The molecule has 2 aliphatic carbocycles. The van der Waals surface area contributed by atoms with Crippen LogP contribution in [0.2, 0.25) is 0 Å². The van der Waals surface area contributed by atoms with Gasteiger partial charge in [0.25, 0.3) is 0 Å². The lowest BCUT2D eigenvalue weighted by atomic mass is 9.79. The average molecular weight is 443 g/mol. The van der Waals surface area contributed by atoms with Gasteiger partial charge in [-0.15, -0.1) is 6.58 Å². The molecular formula is C32H42O. The topological polar surface area (TPSA) is 9.23 Å². The number of allylic oxidation sites excluding steroid dienone is 2. The van der Waals surface area contributed by atoms with Crippen molar-refractivity contribution < 1.29 is 4.74 Å². The SMILES string of the molecule is C=CC1CCC(CCc2ccc(C3C=CC(COc4ccc(CCC)cc4)CC3)cc2)CC1. The smallest absolute Gasteiger partial charge is 0.119 e. The Morgan fingerprint density at radius 1 is 0.818 bits per heavy atom. The lowest BCUT2D eigenvalue weighted by Crippen LogP contribution is -2.15. The van der Waals surface area contributed by atoms with E-state index in [4.69, 9.17) is 4.74 Å². The van der Waals surface area contributed by atoms with Crippen LogP contribution < -0.4 is 4.74 Å². The molecule has 1 nitrogen and oxygen atoms in total. The first-order chi connectivity index (χ1) is 16.2. The van der Waals surface area contributed by atoms with Gasteiger partial charge in [-0.2, -0.15) is 0 Å². The Labute approximate surface area is 202 Å². The normalized spacial score (nSPS) is 25.0. The summed E-state index contributed by atoms with van der Waals surface area (Å²) in [6.07, 6.45) is 19.7. The van der Waals surface area contributed by atoms with Gasteiger partial charge in [-0.3, -0.25) is 0 Å². The molecule has 0 aromatic heterocycles. The van der Waals surface area contributed by atoms with Gasteiger partial charge in [0.05, 0.1) is 6.61 Å². The van der Waals surface area contributed by atoms with Crippen LogP contribution in [-0.4, -0.2) is 6.61 Å². The van der Waals surface area contributed by atoms with Crippen molar-refractivity contribution in [2.24, 2.45) is 17.8 Å². The fourth-order valence-corrected chi connectivity index (χ4v) is 5.55. The summed E-state index contributed by atoms with van der Waals surface area (Å²) in [7, 11) is 0. The van der Waals surface area contributed by atoms with Crippen molar-refractivity contribution in [3.63, 3.8) is 0 Å². The molecule has 0 saturated heterocycles. The Kier molecular flexibility index (Phi) is 8.86. The van der Waals surface area contributed by atoms with Gasteiger partial charge in [0.1, 0.15) is 5.75 Å². The summed E-state index contributed by atoms with van der Waals surface area (Å²) in [6, 6.07) is 18.1. The van der Waals surface area contributed by atoms with E-state index in [0.29, 0.717) is 11.8 Å². The molecule has 2 atom stereocenters. The first-order valence-electron chi connectivity index (χ1n) is 13.3. The van der Waals surface area contributed by atoms with Gasteiger partial charge >= 0.3 is 0 Å². The third-order valence-electron chi connectivity index (χ3n) is 7.86. The van der Waals surface area contributed by atoms with Gasteiger partial charge < -0.3 is 4.74 Å². The maximum atomic E-state index is 6.07. The largest absolute Gasteiger partial charge is 0.493 e. The van der Waals surface area contributed by atoms with E-state index < -0.39 is 0 Å². The average Bonchev–Trinajstić information content (AvgIpc) is 2.88. The minimum Gasteiger partial charge on any atom is -0.493 e. The number of rotatable bonds is 10. The number of hydrogen-bond acceptors (Lipinski definition) is 1. The van der Waals surface area contributed by atoms with Gasteiger partial charge in [0.2, 0.25) is 0 Å². The van der Waals surface area contributed by atoms with Gasteiger partial charge in [0, 0.05) is 11.8 Å². The second kappa shape index (κ2) is 12.3. The molecule has 2 aromatic carbocycles. The summed E-state index contributed by atoms with van der Waals surface area (Å²) in [4.78, 5) is 0. The molecule has 2 unspecified atom stereocenters. The summed E-state index contributed by atoms with van der Waals surface area (Å²) in [5.41, 5.74) is 4.36. The van der Waals surface area contributed by atoms with Crippen molar-refractivity contribution in [2.45, 2.75) is 77.0 Å². The minimum atomic E-state index is 0.520. The molecule has 0 aliphatic heterocycles. The van der Waals surface area contributed by atoms with E-state index >= 15 is 0 Å².